The quantitative estimate of drug-likeness (QED) is 0.858. The van der Waals surface area contributed by atoms with Crippen LogP contribution < -0.4 is 10.6 Å². The van der Waals surface area contributed by atoms with Crippen LogP contribution in [0.15, 0.2) is 36.7 Å². The zero-order chi connectivity index (χ0) is 12.8. The Balaban J connectivity index is 2.17. The topological polar surface area (TPSA) is 67.9 Å². The van der Waals surface area contributed by atoms with Crippen LogP contribution in [0.25, 0.3) is 0 Å². The molecule has 0 fully saturated rings. The minimum absolute atomic E-state index is 0.427. The second-order valence-corrected chi connectivity index (χ2v) is 3.89. The van der Waals surface area contributed by atoms with Gasteiger partial charge in [0.2, 0.25) is 5.95 Å². The second-order valence-electron chi connectivity index (χ2n) is 3.89. The summed E-state index contributed by atoms with van der Waals surface area (Å²) in [6, 6.07) is 7.71. The highest BCUT2D eigenvalue weighted by Gasteiger charge is 2.09. The number of hydrogen-bond donors (Lipinski definition) is 1. The fourth-order valence-electron chi connectivity index (χ4n) is 1.66. The number of nitrogens with zero attached hydrogens (tertiary/aromatic N) is 4. The molecule has 2 aromatic heterocycles. The monoisotopic (exact) mass is 243 g/mol. The van der Waals surface area contributed by atoms with Crippen molar-refractivity contribution in [2.24, 2.45) is 5.73 Å². The van der Waals surface area contributed by atoms with E-state index in [4.69, 9.17) is 5.73 Å². The molecule has 0 saturated heterocycles. The molecule has 0 atom stereocenters. The molecule has 0 aliphatic carbocycles. The average Bonchev–Trinajstić information content (AvgIpc) is 2.46. The molecule has 5 heteroatoms. The first-order valence-corrected chi connectivity index (χ1v) is 6.00. The molecular weight excluding hydrogens is 226 g/mol. The van der Waals surface area contributed by atoms with Crippen molar-refractivity contribution in [1.29, 1.82) is 0 Å². The summed E-state index contributed by atoms with van der Waals surface area (Å²) in [5.41, 5.74) is 7.44. The summed E-state index contributed by atoms with van der Waals surface area (Å²) in [7, 11) is 0. The van der Waals surface area contributed by atoms with Crippen molar-refractivity contribution in [3.05, 3.63) is 48.0 Å². The maximum Gasteiger partial charge on any atom is 0.225 e. The highest BCUT2D eigenvalue weighted by Crippen LogP contribution is 2.10. The summed E-state index contributed by atoms with van der Waals surface area (Å²) in [4.78, 5) is 15.1. The molecule has 0 spiro atoms. The predicted molar refractivity (Wildman–Crippen MR) is 70.9 cm³/mol. The van der Waals surface area contributed by atoms with E-state index in [9.17, 15) is 0 Å². The number of aromatic nitrogens is 3. The van der Waals surface area contributed by atoms with E-state index in [1.54, 1.807) is 12.4 Å². The zero-order valence-electron chi connectivity index (χ0n) is 10.5. The molecule has 0 unspecified atom stereocenters. The van der Waals surface area contributed by atoms with Crippen molar-refractivity contribution in [1.82, 2.24) is 15.0 Å². The smallest absolute Gasteiger partial charge is 0.225 e. The highest BCUT2D eigenvalue weighted by molar-refractivity contribution is 5.31. The van der Waals surface area contributed by atoms with Crippen molar-refractivity contribution in [2.45, 2.75) is 20.0 Å². The van der Waals surface area contributed by atoms with E-state index in [0.717, 1.165) is 17.9 Å². The lowest BCUT2D eigenvalue weighted by molar-refractivity contribution is 0.766. The van der Waals surface area contributed by atoms with Gasteiger partial charge in [-0.05, 0) is 25.1 Å². The largest absolute Gasteiger partial charge is 0.335 e. The first kappa shape index (κ1) is 12.4. The summed E-state index contributed by atoms with van der Waals surface area (Å²) in [5.74, 6) is 0.700. The number of nitrogens with two attached hydrogens (primary N) is 1. The second kappa shape index (κ2) is 6.07. The molecule has 0 aliphatic heterocycles. The summed E-state index contributed by atoms with van der Waals surface area (Å²) in [6.07, 6.45) is 3.53. The third kappa shape index (κ3) is 3.01. The average molecular weight is 243 g/mol. The van der Waals surface area contributed by atoms with Gasteiger partial charge in [-0.15, -0.1) is 0 Å². The minimum atomic E-state index is 0.427. The van der Waals surface area contributed by atoms with E-state index in [0.29, 0.717) is 19.0 Å². The van der Waals surface area contributed by atoms with E-state index in [2.05, 4.69) is 26.8 Å². The van der Waals surface area contributed by atoms with Crippen molar-refractivity contribution in [3.63, 3.8) is 0 Å². The first-order chi connectivity index (χ1) is 8.83. The van der Waals surface area contributed by atoms with Gasteiger partial charge in [-0.3, -0.25) is 4.98 Å². The Kier molecular flexibility index (Phi) is 4.20. The third-order valence-corrected chi connectivity index (χ3v) is 2.65. The number of hydrogen-bond acceptors (Lipinski definition) is 5. The van der Waals surface area contributed by atoms with Crippen LogP contribution in [0.4, 0.5) is 5.95 Å². The van der Waals surface area contributed by atoms with Gasteiger partial charge in [-0.1, -0.05) is 6.07 Å². The molecule has 0 bridgehead atoms. The standard InChI is InChI=1S/C13H17N5/c1-2-18(10-12-5-3-4-7-15-12)13-16-8-6-11(9-14)17-13/h3-8H,2,9-10,14H2,1H3. The Bertz CT molecular complexity index is 486. The molecule has 0 aliphatic rings. The maximum absolute atomic E-state index is 5.59. The molecule has 5 nitrogen and oxygen atoms in total. The maximum atomic E-state index is 5.59. The molecule has 2 aromatic rings. The SMILES string of the molecule is CCN(Cc1ccccn1)c1nccc(CN)n1. The number of pyridine rings is 1. The van der Waals surface area contributed by atoms with E-state index in [1.165, 1.54) is 0 Å². The van der Waals surface area contributed by atoms with E-state index in [1.807, 2.05) is 24.3 Å². The number of rotatable bonds is 5. The molecule has 2 heterocycles. The molecule has 0 radical (unpaired) electrons. The van der Waals surface area contributed by atoms with Gasteiger partial charge in [0.25, 0.3) is 0 Å². The lowest BCUT2D eigenvalue weighted by Gasteiger charge is -2.20. The zero-order valence-corrected chi connectivity index (χ0v) is 10.5. The number of anilines is 1. The van der Waals surface area contributed by atoms with Crippen LogP contribution in [0.5, 0.6) is 0 Å². The van der Waals surface area contributed by atoms with E-state index < -0.39 is 0 Å². The van der Waals surface area contributed by atoms with Crippen LogP contribution in [-0.2, 0) is 13.1 Å². The minimum Gasteiger partial charge on any atom is -0.335 e. The van der Waals surface area contributed by atoms with Gasteiger partial charge >= 0.3 is 0 Å². The van der Waals surface area contributed by atoms with Crippen molar-refractivity contribution >= 4 is 5.95 Å². The summed E-state index contributed by atoms with van der Waals surface area (Å²) in [5, 5.41) is 0. The lowest BCUT2D eigenvalue weighted by Crippen LogP contribution is -2.25. The van der Waals surface area contributed by atoms with Crippen molar-refractivity contribution < 1.29 is 0 Å². The summed E-state index contributed by atoms with van der Waals surface area (Å²) in [6.45, 7) is 4.02. The molecule has 94 valence electrons. The lowest BCUT2D eigenvalue weighted by atomic mass is 10.3. The Morgan fingerprint density at radius 3 is 2.67 bits per heavy atom. The van der Waals surface area contributed by atoms with E-state index in [-0.39, 0.29) is 0 Å². The van der Waals surface area contributed by atoms with Gasteiger partial charge in [-0.25, -0.2) is 9.97 Å². The Morgan fingerprint density at radius 2 is 2.00 bits per heavy atom. The van der Waals surface area contributed by atoms with Crippen molar-refractivity contribution in [3.8, 4) is 0 Å². The predicted octanol–water partition coefficient (Wildman–Crippen LogP) is 1.36. The van der Waals surface area contributed by atoms with Crippen LogP contribution in [0.3, 0.4) is 0 Å². The summed E-state index contributed by atoms with van der Waals surface area (Å²) < 4.78 is 0. The van der Waals surface area contributed by atoms with Crippen LogP contribution in [0.2, 0.25) is 0 Å². The molecule has 0 saturated carbocycles. The highest BCUT2D eigenvalue weighted by atomic mass is 15.2. The van der Waals surface area contributed by atoms with Gasteiger partial charge in [0, 0.05) is 25.5 Å². The van der Waals surface area contributed by atoms with Crippen molar-refractivity contribution in [2.75, 3.05) is 11.4 Å². The Labute approximate surface area is 107 Å². The van der Waals surface area contributed by atoms with Crippen LogP contribution >= 0.6 is 0 Å². The van der Waals surface area contributed by atoms with Crippen LogP contribution in [0.1, 0.15) is 18.3 Å². The Morgan fingerprint density at radius 1 is 1.11 bits per heavy atom. The van der Waals surface area contributed by atoms with E-state index >= 15 is 0 Å². The van der Waals surface area contributed by atoms with Gasteiger partial charge in [0.05, 0.1) is 17.9 Å². The third-order valence-electron chi connectivity index (χ3n) is 2.65. The molecule has 2 N–H and O–H groups in total. The normalized spacial score (nSPS) is 10.3. The molecule has 2 rings (SSSR count). The molecular formula is C13H17N5. The fourth-order valence-corrected chi connectivity index (χ4v) is 1.66. The van der Waals surface area contributed by atoms with Gasteiger partial charge < -0.3 is 10.6 Å². The van der Waals surface area contributed by atoms with Gasteiger partial charge in [-0.2, -0.15) is 0 Å². The van der Waals surface area contributed by atoms with Crippen LogP contribution in [-0.4, -0.2) is 21.5 Å². The van der Waals surface area contributed by atoms with Gasteiger partial charge in [0.15, 0.2) is 0 Å². The Hall–Kier alpha value is -2.01. The molecule has 18 heavy (non-hydrogen) atoms. The van der Waals surface area contributed by atoms with Gasteiger partial charge in [0.1, 0.15) is 0 Å². The van der Waals surface area contributed by atoms with Crippen LogP contribution in [0, 0.1) is 0 Å². The molecule has 0 aromatic carbocycles. The fraction of sp³-hybridized carbons (Fsp3) is 0.308. The summed E-state index contributed by atoms with van der Waals surface area (Å²) >= 11 is 0. The first-order valence-electron chi connectivity index (χ1n) is 6.00. The molecule has 0 amide bonds.